The Morgan fingerprint density at radius 1 is 0.903 bits per heavy atom. The standard InChI is InChI=1S/C26H23NO4/c28-26(18-23(20-9-3-1-4-10-20)21-11-5-2-6-12-21)27-15-7-8-16-29-22-13-14-24-25(17-22)31-19-30-24/h1-6,9-14,17,23H,15-16,18-19H2,(H,27,28). The molecule has 1 aliphatic rings. The van der Waals surface area contributed by atoms with E-state index in [1.807, 2.05) is 42.5 Å². The van der Waals surface area contributed by atoms with Crippen molar-refractivity contribution in [1.82, 2.24) is 5.32 Å². The zero-order valence-corrected chi connectivity index (χ0v) is 17.0. The molecule has 0 saturated carbocycles. The van der Waals surface area contributed by atoms with Gasteiger partial charge < -0.3 is 19.5 Å². The second-order valence-corrected chi connectivity index (χ2v) is 7.01. The van der Waals surface area contributed by atoms with Crippen molar-refractivity contribution in [2.45, 2.75) is 12.3 Å². The SMILES string of the molecule is O=C(CC(c1ccccc1)c1ccccc1)NCC#CCOc1ccc2c(c1)OCO2. The molecular formula is C26H23NO4. The quantitative estimate of drug-likeness (QED) is 0.592. The summed E-state index contributed by atoms with van der Waals surface area (Å²) < 4.78 is 16.2. The highest BCUT2D eigenvalue weighted by Gasteiger charge is 2.17. The Bertz CT molecular complexity index is 1030. The number of benzene rings is 3. The lowest BCUT2D eigenvalue weighted by Crippen LogP contribution is -2.25. The molecule has 31 heavy (non-hydrogen) atoms. The first-order chi connectivity index (χ1) is 15.3. The number of carbonyl (C=O) groups excluding carboxylic acids is 1. The fourth-order valence-corrected chi connectivity index (χ4v) is 3.40. The minimum Gasteiger partial charge on any atom is -0.481 e. The van der Waals surface area contributed by atoms with E-state index in [1.165, 1.54) is 0 Å². The predicted molar refractivity (Wildman–Crippen MR) is 118 cm³/mol. The number of hydrogen-bond donors (Lipinski definition) is 1. The molecule has 3 aromatic carbocycles. The van der Waals surface area contributed by atoms with Crippen LogP contribution in [0.15, 0.2) is 78.9 Å². The molecule has 5 heteroatoms. The second-order valence-electron chi connectivity index (χ2n) is 7.01. The van der Waals surface area contributed by atoms with Crippen LogP contribution in [0.2, 0.25) is 0 Å². The maximum Gasteiger partial charge on any atom is 0.231 e. The molecule has 5 nitrogen and oxygen atoms in total. The van der Waals surface area contributed by atoms with E-state index in [9.17, 15) is 4.79 Å². The molecule has 1 amide bonds. The molecule has 1 heterocycles. The van der Waals surface area contributed by atoms with Crippen molar-refractivity contribution < 1.29 is 19.0 Å². The van der Waals surface area contributed by atoms with Crippen LogP contribution in [-0.2, 0) is 4.79 Å². The number of nitrogens with one attached hydrogen (secondary N) is 1. The average molecular weight is 413 g/mol. The van der Waals surface area contributed by atoms with Crippen molar-refractivity contribution >= 4 is 5.91 Å². The molecule has 1 N–H and O–H groups in total. The van der Waals surface area contributed by atoms with Gasteiger partial charge in [0.2, 0.25) is 12.7 Å². The van der Waals surface area contributed by atoms with Gasteiger partial charge in [-0.3, -0.25) is 4.79 Å². The average Bonchev–Trinajstić information content (AvgIpc) is 3.29. The first-order valence-electron chi connectivity index (χ1n) is 10.1. The smallest absolute Gasteiger partial charge is 0.231 e. The normalized spacial score (nSPS) is 11.5. The first kappa shape index (κ1) is 20.4. The zero-order valence-electron chi connectivity index (χ0n) is 17.0. The van der Waals surface area contributed by atoms with Gasteiger partial charge in [0.05, 0.1) is 6.54 Å². The fourth-order valence-electron chi connectivity index (χ4n) is 3.40. The van der Waals surface area contributed by atoms with Crippen LogP contribution in [0.1, 0.15) is 23.5 Å². The van der Waals surface area contributed by atoms with Gasteiger partial charge in [0.25, 0.3) is 0 Å². The van der Waals surface area contributed by atoms with Crippen molar-refractivity contribution in [3.8, 4) is 29.1 Å². The van der Waals surface area contributed by atoms with Crippen LogP contribution in [-0.4, -0.2) is 25.9 Å². The van der Waals surface area contributed by atoms with Gasteiger partial charge in [0.1, 0.15) is 12.4 Å². The Hall–Kier alpha value is -3.91. The van der Waals surface area contributed by atoms with E-state index in [1.54, 1.807) is 12.1 Å². The molecule has 0 bridgehead atoms. The largest absolute Gasteiger partial charge is 0.481 e. The molecule has 156 valence electrons. The summed E-state index contributed by atoms with van der Waals surface area (Å²) in [5.41, 5.74) is 2.24. The minimum atomic E-state index is -0.0382. The third-order valence-electron chi connectivity index (χ3n) is 4.95. The number of hydrogen-bond acceptors (Lipinski definition) is 4. The molecule has 0 atom stereocenters. The zero-order chi connectivity index (χ0) is 21.3. The van der Waals surface area contributed by atoms with Gasteiger partial charge in [0.15, 0.2) is 11.5 Å². The molecule has 1 aliphatic heterocycles. The molecule has 0 radical (unpaired) electrons. The highest BCUT2D eigenvalue weighted by Crippen LogP contribution is 2.35. The van der Waals surface area contributed by atoms with Crippen LogP contribution < -0.4 is 19.5 Å². The van der Waals surface area contributed by atoms with Gasteiger partial charge in [-0.05, 0) is 23.3 Å². The van der Waals surface area contributed by atoms with Crippen LogP contribution in [0.4, 0.5) is 0 Å². The van der Waals surface area contributed by atoms with Crippen molar-refractivity contribution in [2.24, 2.45) is 0 Å². The van der Waals surface area contributed by atoms with Crippen LogP contribution in [0.5, 0.6) is 17.2 Å². The summed E-state index contributed by atoms with van der Waals surface area (Å²) in [4.78, 5) is 12.5. The molecule has 0 aliphatic carbocycles. The predicted octanol–water partition coefficient (Wildman–Crippen LogP) is 4.14. The van der Waals surface area contributed by atoms with E-state index in [2.05, 4.69) is 41.4 Å². The molecule has 0 saturated heterocycles. The molecule has 0 unspecified atom stereocenters. The summed E-state index contributed by atoms with van der Waals surface area (Å²) >= 11 is 0. The summed E-state index contributed by atoms with van der Waals surface area (Å²) in [7, 11) is 0. The summed E-state index contributed by atoms with van der Waals surface area (Å²) in [5.74, 6) is 7.86. The van der Waals surface area contributed by atoms with Gasteiger partial charge in [-0.15, -0.1) is 0 Å². The third-order valence-corrected chi connectivity index (χ3v) is 4.95. The summed E-state index contributed by atoms with van der Waals surface area (Å²) in [6, 6.07) is 25.5. The maximum absolute atomic E-state index is 12.5. The molecule has 4 rings (SSSR count). The monoisotopic (exact) mass is 413 g/mol. The van der Waals surface area contributed by atoms with Crippen molar-refractivity contribution in [1.29, 1.82) is 0 Å². The lowest BCUT2D eigenvalue weighted by atomic mass is 9.88. The van der Waals surface area contributed by atoms with E-state index >= 15 is 0 Å². The molecular weight excluding hydrogens is 390 g/mol. The number of ether oxygens (including phenoxy) is 3. The minimum absolute atomic E-state index is 0.00435. The van der Waals surface area contributed by atoms with E-state index in [4.69, 9.17) is 14.2 Å². The van der Waals surface area contributed by atoms with Crippen LogP contribution in [0.3, 0.4) is 0 Å². The molecule has 3 aromatic rings. The number of carbonyl (C=O) groups is 1. The lowest BCUT2D eigenvalue weighted by Gasteiger charge is -2.17. The highest BCUT2D eigenvalue weighted by atomic mass is 16.7. The topological polar surface area (TPSA) is 56.8 Å². The highest BCUT2D eigenvalue weighted by molar-refractivity contribution is 5.77. The van der Waals surface area contributed by atoms with Gasteiger partial charge in [-0.1, -0.05) is 72.5 Å². The fraction of sp³-hybridized carbons (Fsp3) is 0.192. The van der Waals surface area contributed by atoms with Gasteiger partial charge in [0, 0.05) is 18.4 Å². The third kappa shape index (κ3) is 5.58. The van der Waals surface area contributed by atoms with E-state index < -0.39 is 0 Å². The molecule has 0 aromatic heterocycles. The number of rotatable bonds is 7. The first-order valence-corrected chi connectivity index (χ1v) is 10.1. The number of fused-ring (bicyclic) bond motifs is 1. The summed E-state index contributed by atoms with van der Waals surface area (Å²) in [6.07, 6.45) is 0.364. The van der Waals surface area contributed by atoms with Gasteiger partial charge in [-0.2, -0.15) is 0 Å². The second kappa shape index (κ2) is 10.2. The van der Waals surface area contributed by atoms with Crippen LogP contribution >= 0.6 is 0 Å². The Morgan fingerprint density at radius 2 is 1.58 bits per heavy atom. The molecule has 0 spiro atoms. The molecule has 0 fully saturated rings. The maximum atomic E-state index is 12.5. The van der Waals surface area contributed by atoms with Crippen molar-refractivity contribution in [3.63, 3.8) is 0 Å². The summed E-state index contributed by atoms with van der Waals surface area (Å²) in [5, 5.41) is 2.88. The lowest BCUT2D eigenvalue weighted by molar-refractivity contribution is -0.121. The van der Waals surface area contributed by atoms with Gasteiger partial charge in [-0.25, -0.2) is 0 Å². The van der Waals surface area contributed by atoms with Crippen LogP contribution in [0, 0.1) is 11.8 Å². The van der Waals surface area contributed by atoms with Crippen molar-refractivity contribution in [2.75, 3.05) is 19.9 Å². The Labute approximate surface area is 182 Å². The van der Waals surface area contributed by atoms with E-state index in [0.717, 1.165) is 11.1 Å². The summed E-state index contributed by atoms with van der Waals surface area (Å²) in [6.45, 7) is 0.736. The van der Waals surface area contributed by atoms with E-state index in [-0.39, 0.29) is 31.8 Å². The van der Waals surface area contributed by atoms with Crippen LogP contribution in [0.25, 0.3) is 0 Å². The number of amides is 1. The van der Waals surface area contributed by atoms with Crippen molar-refractivity contribution in [3.05, 3.63) is 90.0 Å². The Balaban J connectivity index is 1.26. The van der Waals surface area contributed by atoms with E-state index in [0.29, 0.717) is 23.7 Å². The van der Waals surface area contributed by atoms with Gasteiger partial charge >= 0.3 is 0 Å². The Morgan fingerprint density at radius 3 is 2.29 bits per heavy atom. The Kier molecular flexibility index (Phi) is 6.71.